The number of nitrogens with zero attached hydrogens (tertiary/aromatic N) is 1. The fraction of sp³-hybridized carbons (Fsp3) is 1.00. The number of rotatable bonds is 4. The van der Waals surface area contributed by atoms with Crippen molar-refractivity contribution in [3.05, 3.63) is 0 Å². The lowest BCUT2D eigenvalue weighted by atomic mass is 9.92. The Balaban J connectivity index is 1.78. The lowest BCUT2D eigenvalue weighted by Gasteiger charge is -2.37. The smallest absolute Gasteiger partial charge is 0.0260 e. The number of likely N-dealkylation sites (tertiary alicyclic amines) is 1. The summed E-state index contributed by atoms with van der Waals surface area (Å²) in [7, 11) is 0. The Morgan fingerprint density at radius 1 is 1.29 bits per heavy atom. The minimum absolute atomic E-state index is 0.876. The topological polar surface area (TPSA) is 15.3 Å². The van der Waals surface area contributed by atoms with Crippen LogP contribution in [-0.4, -0.2) is 37.1 Å². The monoisotopic (exact) mass is 196 g/mol. The molecule has 2 saturated heterocycles. The summed E-state index contributed by atoms with van der Waals surface area (Å²) >= 11 is 0. The Morgan fingerprint density at radius 3 is 3.07 bits per heavy atom. The second kappa shape index (κ2) is 5.13. The molecule has 2 aliphatic rings. The standard InChI is InChI=1S/C12H24N2/c1-2-3-4-7-14-8-5-6-11-9-13-10-12(11)14/h11-13H,2-10H2,1H3. The zero-order valence-electron chi connectivity index (χ0n) is 9.47. The Bertz CT molecular complexity index is 170. The normalized spacial score (nSPS) is 33.2. The molecule has 2 nitrogen and oxygen atoms in total. The van der Waals surface area contributed by atoms with Gasteiger partial charge in [-0.1, -0.05) is 19.8 Å². The Kier molecular flexibility index (Phi) is 3.82. The van der Waals surface area contributed by atoms with Gasteiger partial charge in [-0.25, -0.2) is 0 Å². The molecule has 14 heavy (non-hydrogen) atoms. The van der Waals surface area contributed by atoms with Crippen LogP contribution < -0.4 is 5.32 Å². The van der Waals surface area contributed by atoms with Crippen LogP contribution in [0.1, 0.15) is 39.0 Å². The Labute approximate surface area is 88.1 Å². The van der Waals surface area contributed by atoms with Crippen LogP contribution in [0, 0.1) is 5.92 Å². The number of hydrogen-bond donors (Lipinski definition) is 1. The first-order valence-electron chi connectivity index (χ1n) is 6.36. The van der Waals surface area contributed by atoms with E-state index in [4.69, 9.17) is 0 Å². The van der Waals surface area contributed by atoms with Gasteiger partial charge in [-0.2, -0.15) is 0 Å². The highest BCUT2D eigenvalue weighted by atomic mass is 15.2. The predicted molar refractivity (Wildman–Crippen MR) is 60.5 cm³/mol. The summed E-state index contributed by atoms with van der Waals surface area (Å²) in [6, 6.07) is 0.876. The van der Waals surface area contributed by atoms with Crippen LogP contribution in [0.25, 0.3) is 0 Å². The molecule has 2 atom stereocenters. The molecule has 2 aliphatic heterocycles. The summed E-state index contributed by atoms with van der Waals surface area (Å²) in [5.74, 6) is 0.963. The van der Waals surface area contributed by atoms with E-state index >= 15 is 0 Å². The van der Waals surface area contributed by atoms with Crippen molar-refractivity contribution in [1.29, 1.82) is 0 Å². The molecule has 1 N–H and O–H groups in total. The molecular formula is C12H24N2. The van der Waals surface area contributed by atoms with Crippen LogP contribution in [0.15, 0.2) is 0 Å². The molecule has 0 amide bonds. The molecule has 0 bridgehead atoms. The molecule has 2 heterocycles. The van der Waals surface area contributed by atoms with Gasteiger partial charge in [0.25, 0.3) is 0 Å². The first kappa shape index (κ1) is 10.4. The van der Waals surface area contributed by atoms with E-state index in [9.17, 15) is 0 Å². The zero-order chi connectivity index (χ0) is 9.80. The largest absolute Gasteiger partial charge is 0.315 e. The first-order valence-corrected chi connectivity index (χ1v) is 6.36. The molecule has 0 aromatic carbocycles. The van der Waals surface area contributed by atoms with Crippen molar-refractivity contribution < 1.29 is 0 Å². The van der Waals surface area contributed by atoms with Gasteiger partial charge in [0.05, 0.1) is 0 Å². The molecule has 0 aromatic heterocycles. The fourth-order valence-electron chi connectivity index (χ4n) is 3.01. The number of fused-ring (bicyclic) bond motifs is 1. The molecule has 2 rings (SSSR count). The van der Waals surface area contributed by atoms with E-state index in [-0.39, 0.29) is 0 Å². The van der Waals surface area contributed by atoms with E-state index in [0.717, 1.165) is 12.0 Å². The van der Waals surface area contributed by atoms with Gasteiger partial charge < -0.3 is 5.32 Å². The van der Waals surface area contributed by atoms with E-state index in [2.05, 4.69) is 17.1 Å². The quantitative estimate of drug-likeness (QED) is 0.690. The maximum absolute atomic E-state index is 3.54. The maximum atomic E-state index is 3.54. The summed E-state index contributed by atoms with van der Waals surface area (Å²) in [4.78, 5) is 2.74. The van der Waals surface area contributed by atoms with Gasteiger partial charge in [0.1, 0.15) is 0 Å². The third-order valence-corrected chi connectivity index (χ3v) is 3.84. The second-order valence-electron chi connectivity index (χ2n) is 4.87. The van der Waals surface area contributed by atoms with E-state index in [1.807, 2.05) is 0 Å². The Morgan fingerprint density at radius 2 is 2.21 bits per heavy atom. The van der Waals surface area contributed by atoms with Crippen molar-refractivity contribution in [2.24, 2.45) is 5.92 Å². The third kappa shape index (κ3) is 2.29. The number of unbranched alkanes of at least 4 members (excludes halogenated alkanes) is 2. The number of piperidine rings is 1. The van der Waals surface area contributed by atoms with E-state index in [1.165, 1.54) is 58.3 Å². The lowest BCUT2D eigenvalue weighted by molar-refractivity contribution is 0.123. The van der Waals surface area contributed by atoms with Gasteiger partial charge in [0, 0.05) is 12.6 Å². The summed E-state index contributed by atoms with van der Waals surface area (Å²) in [5, 5.41) is 3.54. The van der Waals surface area contributed by atoms with Gasteiger partial charge in [0.15, 0.2) is 0 Å². The van der Waals surface area contributed by atoms with Crippen molar-refractivity contribution >= 4 is 0 Å². The van der Waals surface area contributed by atoms with Crippen molar-refractivity contribution in [2.45, 2.75) is 45.1 Å². The maximum Gasteiger partial charge on any atom is 0.0260 e. The first-order chi connectivity index (χ1) is 6.92. The van der Waals surface area contributed by atoms with Crippen LogP contribution >= 0.6 is 0 Å². The van der Waals surface area contributed by atoms with Crippen LogP contribution in [0.2, 0.25) is 0 Å². The fourth-order valence-corrected chi connectivity index (χ4v) is 3.01. The molecule has 0 aromatic rings. The Hall–Kier alpha value is -0.0800. The van der Waals surface area contributed by atoms with Gasteiger partial charge in [-0.15, -0.1) is 0 Å². The van der Waals surface area contributed by atoms with Crippen LogP contribution in [0.4, 0.5) is 0 Å². The van der Waals surface area contributed by atoms with Crippen molar-refractivity contribution in [2.75, 3.05) is 26.2 Å². The predicted octanol–water partition coefficient (Wildman–Crippen LogP) is 1.86. The number of nitrogens with one attached hydrogen (secondary N) is 1. The molecule has 0 aliphatic carbocycles. The van der Waals surface area contributed by atoms with Crippen LogP contribution in [-0.2, 0) is 0 Å². The highest BCUT2D eigenvalue weighted by Gasteiger charge is 2.34. The summed E-state index contributed by atoms with van der Waals surface area (Å²) < 4.78 is 0. The summed E-state index contributed by atoms with van der Waals surface area (Å²) in [6.45, 7) is 7.51. The summed E-state index contributed by atoms with van der Waals surface area (Å²) in [5.41, 5.74) is 0. The van der Waals surface area contributed by atoms with Crippen molar-refractivity contribution in [3.63, 3.8) is 0 Å². The molecule has 2 unspecified atom stereocenters. The zero-order valence-corrected chi connectivity index (χ0v) is 9.47. The van der Waals surface area contributed by atoms with Gasteiger partial charge >= 0.3 is 0 Å². The van der Waals surface area contributed by atoms with E-state index in [1.54, 1.807) is 0 Å². The minimum atomic E-state index is 0.876. The highest BCUT2D eigenvalue weighted by Crippen LogP contribution is 2.26. The average Bonchev–Trinajstić information content (AvgIpc) is 2.67. The van der Waals surface area contributed by atoms with Crippen LogP contribution in [0.3, 0.4) is 0 Å². The molecule has 2 fully saturated rings. The van der Waals surface area contributed by atoms with E-state index in [0.29, 0.717) is 0 Å². The average molecular weight is 196 g/mol. The van der Waals surface area contributed by atoms with Gasteiger partial charge in [0.2, 0.25) is 0 Å². The molecular weight excluding hydrogens is 172 g/mol. The minimum Gasteiger partial charge on any atom is -0.315 e. The summed E-state index contributed by atoms with van der Waals surface area (Å²) in [6.07, 6.45) is 7.04. The highest BCUT2D eigenvalue weighted by molar-refractivity contribution is 4.91. The van der Waals surface area contributed by atoms with Crippen molar-refractivity contribution in [3.8, 4) is 0 Å². The van der Waals surface area contributed by atoms with Crippen LogP contribution in [0.5, 0.6) is 0 Å². The van der Waals surface area contributed by atoms with E-state index < -0.39 is 0 Å². The molecule has 2 heteroatoms. The van der Waals surface area contributed by atoms with Gasteiger partial charge in [-0.3, -0.25) is 4.90 Å². The number of hydrogen-bond acceptors (Lipinski definition) is 2. The molecule has 0 saturated carbocycles. The third-order valence-electron chi connectivity index (χ3n) is 3.84. The lowest BCUT2D eigenvalue weighted by Crippen LogP contribution is -2.45. The van der Waals surface area contributed by atoms with Gasteiger partial charge in [-0.05, 0) is 44.8 Å². The molecule has 82 valence electrons. The molecule has 0 spiro atoms. The SMILES string of the molecule is CCCCCN1CCCC2CNCC21. The molecule has 0 radical (unpaired) electrons. The second-order valence-corrected chi connectivity index (χ2v) is 4.87. The van der Waals surface area contributed by atoms with Crippen molar-refractivity contribution in [1.82, 2.24) is 10.2 Å².